The molecule has 0 amide bonds. The highest BCUT2D eigenvalue weighted by atomic mass is 16.5. The molecule has 2 N–H and O–H groups in total. The molecule has 1 aliphatic heterocycles. The minimum absolute atomic E-state index is 0.187. The number of benzene rings is 3. The summed E-state index contributed by atoms with van der Waals surface area (Å²) in [6.45, 7) is 0. The van der Waals surface area contributed by atoms with E-state index in [4.69, 9.17) is 10.5 Å². The summed E-state index contributed by atoms with van der Waals surface area (Å²) < 4.78 is 6.03. The van der Waals surface area contributed by atoms with Crippen LogP contribution in [0.2, 0.25) is 0 Å². The quantitative estimate of drug-likeness (QED) is 0.516. The number of nitrogens with two attached hydrogens (primary N) is 1. The summed E-state index contributed by atoms with van der Waals surface area (Å²) in [5.74, 6) is 2.04. The van der Waals surface area contributed by atoms with Gasteiger partial charge in [0.05, 0.1) is 0 Å². The maximum Gasteiger partial charge on any atom is 0.131 e. The maximum atomic E-state index is 6.03. The number of para-hydroxylation sites is 2. The number of ether oxygens (including phenoxy) is 1. The van der Waals surface area contributed by atoms with Crippen molar-refractivity contribution in [1.82, 2.24) is 0 Å². The van der Waals surface area contributed by atoms with Gasteiger partial charge in [0.2, 0.25) is 0 Å². The molecule has 0 aliphatic carbocycles. The van der Waals surface area contributed by atoms with Crippen LogP contribution < -0.4 is 10.5 Å². The number of fused-ring (bicyclic) bond motifs is 2. The van der Waals surface area contributed by atoms with Gasteiger partial charge in [-0.25, -0.2) is 0 Å². The minimum Gasteiger partial charge on any atom is -0.457 e. The van der Waals surface area contributed by atoms with Crippen molar-refractivity contribution in [2.24, 2.45) is 0 Å². The highest BCUT2D eigenvalue weighted by Crippen LogP contribution is 2.46. The number of nitrogen functional groups attached to an aromatic ring is 1. The van der Waals surface area contributed by atoms with Crippen LogP contribution in [0.3, 0.4) is 0 Å². The van der Waals surface area contributed by atoms with Gasteiger partial charge in [0.15, 0.2) is 0 Å². The first-order valence-electron chi connectivity index (χ1n) is 7.04. The summed E-state index contributed by atoms with van der Waals surface area (Å²) >= 11 is 0. The van der Waals surface area contributed by atoms with Crippen molar-refractivity contribution in [1.29, 1.82) is 0 Å². The summed E-state index contributed by atoms with van der Waals surface area (Å²) in [7, 11) is 0. The lowest BCUT2D eigenvalue weighted by atomic mass is 9.83. The topological polar surface area (TPSA) is 35.2 Å². The SMILES string of the molecule is Nc1ccc(C2c3ccccc3Oc3ccccc32)cc1. The largest absolute Gasteiger partial charge is 0.457 e. The van der Waals surface area contributed by atoms with E-state index in [2.05, 4.69) is 36.4 Å². The highest BCUT2D eigenvalue weighted by molar-refractivity contribution is 5.58. The van der Waals surface area contributed by atoms with Gasteiger partial charge < -0.3 is 10.5 Å². The predicted octanol–water partition coefficient (Wildman–Crippen LogP) is 4.55. The second-order valence-electron chi connectivity index (χ2n) is 5.28. The van der Waals surface area contributed by atoms with E-state index in [-0.39, 0.29) is 5.92 Å². The molecule has 3 aromatic rings. The van der Waals surface area contributed by atoms with Gasteiger partial charge in [0, 0.05) is 22.7 Å². The molecule has 2 heteroatoms. The molecule has 0 saturated carbocycles. The van der Waals surface area contributed by atoms with Gasteiger partial charge in [-0.1, -0.05) is 48.5 Å². The monoisotopic (exact) mass is 273 g/mol. The van der Waals surface area contributed by atoms with Crippen LogP contribution >= 0.6 is 0 Å². The standard InChI is InChI=1S/C19H15NO/c20-14-11-9-13(10-12-14)19-15-5-1-3-7-17(15)21-18-8-4-2-6-16(18)19/h1-12,19H,20H2. The van der Waals surface area contributed by atoms with Gasteiger partial charge in [-0.3, -0.25) is 0 Å². The van der Waals surface area contributed by atoms with Crippen LogP contribution in [0, 0.1) is 0 Å². The Morgan fingerprint density at radius 3 is 1.76 bits per heavy atom. The van der Waals surface area contributed by atoms with Crippen LogP contribution in [-0.2, 0) is 0 Å². The average Bonchev–Trinajstić information content (AvgIpc) is 2.53. The van der Waals surface area contributed by atoms with E-state index in [0.717, 1.165) is 17.2 Å². The molecule has 0 saturated heterocycles. The molecule has 0 radical (unpaired) electrons. The van der Waals surface area contributed by atoms with E-state index in [0.29, 0.717) is 0 Å². The van der Waals surface area contributed by atoms with Crippen LogP contribution in [0.25, 0.3) is 0 Å². The van der Waals surface area contributed by atoms with Gasteiger partial charge in [-0.05, 0) is 29.8 Å². The summed E-state index contributed by atoms with van der Waals surface area (Å²) in [5, 5.41) is 0. The minimum atomic E-state index is 0.187. The summed E-state index contributed by atoms with van der Waals surface area (Å²) in [4.78, 5) is 0. The van der Waals surface area contributed by atoms with Crippen molar-refractivity contribution < 1.29 is 4.74 Å². The number of rotatable bonds is 1. The lowest BCUT2D eigenvalue weighted by Gasteiger charge is -2.28. The molecular formula is C19H15NO. The van der Waals surface area contributed by atoms with Crippen molar-refractivity contribution in [3.05, 3.63) is 89.5 Å². The summed E-state index contributed by atoms with van der Waals surface area (Å²) in [5.41, 5.74) is 10.2. The first-order valence-corrected chi connectivity index (χ1v) is 7.04. The van der Waals surface area contributed by atoms with Crippen molar-refractivity contribution >= 4 is 5.69 Å². The summed E-state index contributed by atoms with van der Waals surface area (Å²) in [6.07, 6.45) is 0. The third kappa shape index (κ3) is 1.96. The molecule has 0 atom stereocenters. The number of hydrogen-bond donors (Lipinski definition) is 1. The van der Waals surface area contributed by atoms with E-state index in [1.807, 2.05) is 36.4 Å². The van der Waals surface area contributed by atoms with Gasteiger partial charge in [0.1, 0.15) is 11.5 Å². The summed E-state index contributed by atoms with van der Waals surface area (Å²) in [6, 6.07) is 24.5. The van der Waals surface area contributed by atoms with Gasteiger partial charge in [0.25, 0.3) is 0 Å². The van der Waals surface area contributed by atoms with Crippen molar-refractivity contribution in [3.63, 3.8) is 0 Å². The Kier molecular flexibility index (Phi) is 2.68. The normalized spacial score (nSPS) is 13.1. The molecule has 21 heavy (non-hydrogen) atoms. The Labute approximate surface area is 123 Å². The Morgan fingerprint density at radius 1 is 0.667 bits per heavy atom. The zero-order chi connectivity index (χ0) is 14.2. The molecule has 2 nitrogen and oxygen atoms in total. The second-order valence-corrected chi connectivity index (χ2v) is 5.28. The van der Waals surface area contributed by atoms with E-state index in [1.165, 1.54) is 16.7 Å². The Hall–Kier alpha value is -2.74. The number of anilines is 1. The smallest absolute Gasteiger partial charge is 0.131 e. The molecule has 102 valence electrons. The van der Waals surface area contributed by atoms with E-state index >= 15 is 0 Å². The van der Waals surface area contributed by atoms with Crippen LogP contribution in [0.1, 0.15) is 22.6 Å². The molecule has 1 heterocycles. The molecule has 3 aromatic carbocycles. The number of hydrogen-bond acceptors (Lipinski definition) is 2. The van der Waals surface area contributed by atoms with Crippen LogP contribution in [0.15, 0.2) is 72.8 Å². The van der Waals surface area contributed by atoms with Gasteiger partial charge in [-0.2, -0.15) is 0 Å². The third-order valence-corrected chi connectivity index (χ3v) is 3.95. The fourth-order valence-corrected chi connectivity index (χ4v) is 2.96. The molecule has 1 aliphatic rings. The van der Waals surface area contributed by atoms with E-state index in [9.17, 15) is 0 Å². The van der Waals surface area contributed by atoms with Crippen molar-refractivity contribution in [2.45, 2.75) is 5.92 Å². The zero-order valence-corrected chi connectivity index (χ0v) is 11.5. The zero-order valence-electron chi connectivity index (χ0n) is 11.5. The van der Waals surface area contributed by atoms with Crippen molar-refractivity contribution in [2.75, 3.05) is 5.73 Å². The first kappa shape index (κ1) is 12.0. The van der Waals surface area contributed by atoms with E-state index in [1.54, 1.807) is 0 Å². The van der Waals surface area contributed by atoms with E-state index < -0.39 is 0 Å². The average molecular weight is 273 g/mol. The third-order valence-electron chi connectivity index (χ3n) is 3.95. The predicted molar refractivity (Wildman–Crippen MR) is 84.8 cm³/mol. The van der Waals surface area contributed by atoms with Gasteiger partial charge >= 0.3 is 0 Å². The Bertz CT molecular complexity index is 747. The van der Waals surface area contributed by atoms with Crippen molar-refractivity contribution in [3.8, 4) is 11.5 Å². The van der Waals surface area contributed by atoms with Crippen LogP contribution in [0.4, 0.5) is 5.69 Å². The molecule has 4 rings (SSSR count). The fourth-order valence-electron chi connectivity index (χ4n) is 2.96. The lowest BCUT2D eigenvalue weighted by Crippen LogP contribution is -2.11. The second kappa shape index (κ2) is 4.67. The first-order chi connectivity index (χ1) is 10.3. The highest BCUT2D eigenvalue weighted by Gasteiger charge is 2.27. The molecule has 0 unspecified atom stereocenters. The van der Waals surface area contributed by atoms with Crippen LogP contribution in [0.5, 0.6) is 11.5 Å². The molecule has 0 bridgehead atoms. The molecule has 0 spiro atoms. The van der Waals surface area contributed by atoms with Crippen LogP contribution in [-0.4, -0.2) is 0 Å². The Morgan fingerprint density at radius 2 is 1.19 bits per heavy atom. The molecule has 0 aromatic heterocycles. The molecule has 0 fully saturated rings. The maximum absolute atomic E-state index is 6.03. The lowest BCUT2D eigenvalue weighted by molar-refractivity contribution is 0.453. The Balaban J connectivity index is 1.95. The van der Waals surface area contributed by atoms with Gasteiger partial charge in [-0.15, -0.1) is 0 Å². The molecular weight excluding hydrogens is 258 g/mol. The fraction of sp³-hybridized carbons (Fsp3) is 0.0526.